The molecule has 2 aromatic heterocycles. The maximum Gasteiger partial charge on any atom is 0.132 e. The van der Waals surface area contributed by atoms with E-state index in [9.17, 15) is 0 Å². The first kappa shape index (κ1) is 40.0. The summed E-state index contributed by atoms with van der Waals surface area (Å²) >= 11 is 0. The van der Waals surface area contributed by atoms with Crippen molar-refractivity contribution in [3.8, 4) is 22.5 Å². The fourth-order valence-corrected chi connectivity index (χ4v) is 12.9. The van der Waals surface area contributed by atoms with Gasteiger partial charge in [-0.2, -0.15) is 0 Å². The number of nitrogens with one attached hydrogen (secondary N) is 2. The smallest absolute Gasteiger partial charge is 0.132 e. The van der Waals surface area contributed by atoms with Crippen LogP contribution in [0, 0.1) is 5.92 Å². The van der Waals surface area contributed by atoms with Gasteiger partial charge in [-0.15, -0.1) is 0 Å². The summed E-state index contributed by atoms with van der Waals surface area (Å²) in [6.07, 6.45) is 25.4. The van der Waals surface area contributed by atoms with Gasteiger partial charge in [0.1, 0.15) is 18.2 Å². The largest absolute Gasteiger partial charge is 0.350 e. The van der Waals surface area contributed by atoms with E-state index < -0.39 is 0 Å². The summed E-state index contributed by atoms with van der Waals surface area (Å²) in [5.41, 5.74) is 17.5. The molecule has 15 rings (SSSR count). The molecule has 3 unspecified atom stereocenters. The summed E-state index contributed by atoms with van der Waals surface area (Å²) in [5, 5.41) is 19.3. The molecule has 5 heteroatoms. The van der Waals surface area contributed by atoms with E-state index in [2.05, 4.69) is 214 Å². The second kappa shape index (κ2) is 15.8. The maximum atomic E-state index is 5.56. The molecule has 0 amide bonds. The van der Waals surface area contributed by atoms with Crippen LogP contribution in [0.15, 0.2) is 187 Å². The Morgan fingerprint density at radius 3 is 2.13 bits per heavy atom. The minimum Gasteiger partial charge on any atom is -0.350 e. The summed E-state index contributed by atoms with van der Waals surface area (Å²) < 4.78 is 5.38. The third-order valence-corrected chi connectivity index (χ3v) is 16.1. The van der Waals surface area contributed by atoms with Crippen LogP contribution in [0.25, 0.3) is 88.6 Å². The lowest BCUT2D eigenvalue weighted by Crippen LogP contribution is -2.50. The Balaban J connectivity index is 0.924. The molecule has 0 radical (unpaired) electrons. The van der Waals surface area contributed by atoms with Crippen molar-refractivity contribution in [1.82, 2.24) is 19.8 Å². The molecule has 70 heavy (non-hydrogen) atoms. The normalized spacial score (nSPS) is 19.1. The third-order valence-electron chi connectivity index (χ3n) is 16.1. The van der Waals surface area contributed by atoms with Gasteiger partial charge in [0.25, 0.3) is 0 Å². The van der Waals surface area contributed by atoms with Gasteiger partial charge < -0.3 is 14.5 Å². The number of aryl methyl sites for hydroxylation is 1. The van der Waals surface area contributed by atoms with E-state index in [1.54, 1.807) is 0 Å². The number of aliphatic imine (C=N–C) groups is 1. The van der Waals surface area contributed by atoms with Gasteiger partial charge in [-0.3, -0.25) is 5.32 Å². The topological polar surface area (TPSA) is 46.3 Å². The predicted molar refractivity (Wildman–Crippen MR) is 292 cm³/mol. The molecule has 5 aliphatic rings. The van der Waals surface area contributed by atoms with Crippen LogP contribution in [0.2, 0.25) is 0 Å². The number of amidine groups is 1. The monoisotopic (exact) mass is 901 g/mol. The zero-order valence-corrected chi connectivity index (χ0v) is 39.0. The lowest BCUT2D eigenvalue weighted by molar-refractivity contribution is 0.339. The maximum absolute atomic E-state index is 5.56. The van der Waals surface area contributed by atoms with Crippen LogP contribution in [0.1, 0.15) is 70.3 Å². The number of hydrogen-bond acceptors (Lipinski definition) is 3. The van der Waals surface area contributed by atoms with Crippen molar-refractivity contribution in [2.75, 3.05) is 0 Å². The van der Waals surface area contributed by atoms with Gasteiger partial charge in [0.05, 0.1) is 16.9 Å². The first-order valence-electron chi connectivity index (χ1n) is 25.4. The van der Waals surface area contributed by atoms with Gasteiger partial charge in [0, 0.05) is 61.4 Å². The summed E-state index contributed by atoms with van der Waals surface area (Å²) in [5.74, 6) is 1.16. The van der Waals surface area contributed by atoms with E-state index in [1.807, 2.05) is 0 Å². The molecule has 3 heterocycles. The quantitative estimate of drug-likeness (QED) is 0.169. The first-order valence-corrected chi connectivity index (χ1v) is 25.4. The SMILES string of the molecule is C1=CCC(C2N=C(c3ccc(-n4c5c(c6c(-n7c8c(c9c7CCc7ccccc7-9)C=CCC8)c7ccccc7cc64)C=CCC5)c4ccccc34)NC(c3ccc4c(ccc5ccccc54)c3)N2)C=C1. The zero-order chi connectivity index (χ0) is 45.9. The van der Waals surface area contributed by atoms with Crippen molar-refractivity contribution in [2.24, 2.45) is 10.9 Å². The van der Waals surface area contributed by atoms with Crippen LogP contribution in [0.5, 0.6) is 0 Å². The molecule has 2 N–H and O–H groups in total. The highest BCUT2D eigenvalue weighted by Crippen LogP contribution is 2.48. The fourth-order valence-electron chi connectivity index (χ4n) is 12.9. The molecule has 0 saturated carbocycles. The summed E-state index contributed by atoms with van der Waals surface area (Å²) in [6.45, 7) is 0. The van der Waals surface area contributed by atoms with Gasteiger partial charge >= 0.3 is 0 Å². The minimum absolute atomic E-state index is 0.110. The third kappa shape index (κ3) is 6.04. The Bertz CT molecular complexity index is 4020. The molecule has 336 valence electrons. The number of fused-ring (bicyclic) bond motifs is 13. The van der Waals surface area contributed by atoms with E-state index in [0.29, 0.717) is 0 Å². The lowest BCUT2D eigenvalue weighted by Gasteiger charge is -2.35. The first-order chi connectivity index (χ1) is 34.7. The van der Waals surface area contributed by atoms with Crippen molar-refractivity contribution in [3.63, 3.8) is 0 Å². The molecule has 1 aliphatic heterocycles. The Kier molecular flexibility index (Phi) is 9.00. The van der Waals surface area contributed by atoms with E-state index in [0.717, 1.165) is 56.3 Å². The summed E-state index contributed by atoms with van der Waals surface area (Å²) in [6, 6.07) is 54.6. The molecule has 4 aliphatic carbocycles. The summed E-state index contributed by atoms with van der Waals surface area (Å²) in [7, 11) is 0. The van der Waals surface area contributed by atoms with Crippen molar-refractivity contribution in [3.05, 3.63) is 227 Å². The van der Waals surface area contributed by atoms with Crippen molar-refractivity contribution in [1.29, 1.82) is 0 Å². The number of nitrogens with zero attached hydrogens (tertiary/aromatic N) is 3. The van der Waals surface area contributed by atoms with E-state index in [-0.39, 0.29) is 18.2 Å². The molecular weight excluding hydrogens is 851 g/mol. The molecule has 5 nitrogen and oxygen atoms in total. The highest BCUT2D eigenvalue weighted by atomic mass is 15.3. The Hall–Kier alpha value is -7.99. The molecule has 0 bridgehead atoms. The highest BCUT2D eigenvalue weighted by Gasteiger charge is 2.34. The molecule has 0 saturated heterocycles. The zero-order valence-electron chi connectivity index (χ0n) is 39.0. The highest BCUT2D eigenvalue weighted by molar-refractivity contribution is 6.15. The predicted octanol–water partition coefficient (Wildman–Crippen LogP) is 14.8. The van der Waals surface area contributed by atoms with E-state index >= 15 is 0 Å². The van der Waals surface area contributed by atoms with Gasteiger partial charge in [0.2, 0.25) is 0 Å². The van der Waals surface area contributed by atoms with E-state index in [4.69, 9.17) is 4.99 Å². The van der Waals surface area contributed by atoms with Crippen LogP contribution < -0.4 is 10.6 Å². The van der Waals surface area contributed by atoms with E-state index in [1.165, 1.54) is 116 Å². The van der Waals surface area contributed by atoms with Crippen molar-refractivity contribution < 1.29 is 0 Å². The van der Waals surface area contributed by atoms with Crippen LogP contribution >= 0.6 is 0 Å². The van der Waals surface area contributed by atoms with Gasteiger partial charge in [-0.1, -0.05) is 170 Å². The average Bonchev–Trinajstić information content (AvgIpc) is 3.95. The van der Waals surface area contributed by atoms with Crippen LogP contribution in [-0.4, -0.2) is 21.1 Å². The standard InChI is InChI=1S/C65H51N5/c1-2-18-42(19-3-1)63-66-64(45-32-34-47-44(38-45)31-30-40-16-4-7-21-46(40)47)68-65(67-63)52-35-37-57(51-25-11-10-24-50(51)52)69-55-28-14-13-27-54(55)61-59(69)39-43-20-6-9-23-49(43)62(61)70-56-29-15-12-26-53(56)60-48-22-8-5-17-41(48)33-36-58(60)70/h1-13,16-18,20-27,30-32,34-35,37-39,42,63-64,66H,14-15,19,28-29,33,36H2,(H,67,68). The minimum atomic E-state index is -0.140. The van der Waals surface area contributed by atoms with Crippen LogP contribution in [-0.2, 0) is 25.7 Å². The summed E-state index contributed by atoms with van der Waals surface area (Å²) in [4.78, 5) is 5.56. The lowest BCUT2D eigenvalue weighted by atomic mass is 9.86. The second-order valence-electron chi connectivity index (χ2n) is 19.9. The number of hydrogen-bond donors (Lipinski definition) is 2. The number of benzene rings is 8. The molecule has 0 fully saturated rings. The molecule has 10 aromatic rings. The Morgan fingerprint density at radius 2 is 1.26 bits per heavy atom. The van der Waals surface area contributed by atoms with Gasteiger partial charge in [0.15, 0.2) is 0 Å². The Morgan fingerprint density at radius 1 is 0.529 bits per heavy atom. The average molecular weight is 902 g/mol. The van der Waals surface area contributed by atoms with Gasteiger partial charge in [-0.25, -0.2) is 4.99 Å². The van der Waals surface area contributed by atoms with Crippen LogP contribution in [0.4, 0.5) is 0 Å². The van der Waals surface area contributed by atoms with Crippen molar-refractivity contribution >= 4 is 72.0 Å². The molecule has 8 aromatic carbocycles. The number of rotatable bonds is 5. The molecule has 3 atom stereocenters. The second-order valence-corrected chi connectivity index (χ2v) is 19.9. The molecular formula is C65H51N5. The number of aromatic nitrogens is 2. The van der Waals surface area contributed by atoms with Gasteiger partial charge in [-0.05, 0) is 118 Å². The molecule has 0 spiro atoms. The van der Waals surface area contributed by atoms with Crippen molar-refractivity contribution in [2.45, 2.75) is 57.3 Å². The van der Waals surface area contributed by atoms with Crippen LogP contribution in [0.3, 0.4) is 0 Å². The Labute approximate surface area is 407 Å². The fraction of sp³-hybridized carbons (Fsp3) is 0.154. The number of allylic oxidation sites excluding steroid dienone is 5.